The molecule has 1 aromatic carbocycles. The molecule has 0 aliphatic carbocycles. The number of guanidine groups is 1. The highest BCUT2D eigenvalue weighted by Crippen LogP contribution is 2.11. The maximum absolute atomic E-state index is 11.7. The standard InChI is InChI=1S/C16H23ClN4O.HI/c1-3-15(22)21-8-7-14(11-21)20-16(18-2)19-10-12-5-4-6-13(17)9-12;/h4-6,9,14H,3,7-8,10-11H2,1-2H3,(H2,18,19,20);1H. The molecule has 2 rings (SSSR count). The average molecular weight is 451 g/mol. The first-order chi connectivity index (χ1) is 10.6. The van der Waals surface area contributed by atoms with Crippen LogP contribution in [0.2, 0.25) is 5.02 Å². The fourth-order valence-corrected chi connectivity index (χ4v) is 2.76. The minimum Gasteiger partial charge on any atom is -0.352 e. The maximum Gasteiger partial charge on any atom is 0.222 e. The van der Waals surface area contributed by atoms with E-state index in [4.69, 9.17) is 11.6 Å². The number of carbonyl (C=O) groups excluding carboxylic acids is 1. The lowest BCUT2D eigenvalue weighted by Crippen LogP contribution is -2.44. The van der Waals surface area contributed by atoms with Crippen molar-refractivity contribution in [2.45, 2.75) is 32.4 Å². The van der Waals surface area contributed by atoms with Gasteiger partial charge in [0.25, 0.3) is 0 Å². The second-order valence-corrected chi connectivity index (χ2v) is 5.82. The van der Waals surface area contributed by atoms with E-state index in [0.29, 0.717) is 13.0 Å². The number of amides is 1. The van der Waals surface area contributed by atoms with Crippen LogP contribution in [0.1, 0.15) is 25.3 Å². The molecule has 1 unspecified atom stereocenters. The highest BCUT2D eigenvalue weighted by atomic mass is 127. The van der Waals surface area contributed by atoms with E-state index in [-0.39, 0.29) is 35.9 Å². The Labute approximate surface area is 159 Å². The van der Waals surface area contributed by atoms with Gasteiger partial charge in [-0.1, -0.05) is 30.7 Å². The van der Waals surface area contributed by atoms with Gasteiger partial charge in [0.15, 0.2) is 5.96 Å². The number of hydrogen-bond donors (Lipinski definition) is 2. The highest BCUT2D eigenvalue weighted by molar-refractivity contribution is 14.0. The molecule has 0 aromatic heterocycles. The monoisotopic (exact) mass is 450 g/mol. The van der Waals surface area contributed by atoms with Gasteiger partial charge in [-0.3, -0.25) is 9.79 Å². The molecule has 0 radical (unpaired) electrons. The third-order valence-electron chi connectivity index (χ3n) is 3.76. The van der Waals surface area contributed by atoms with Crippen molar-refractivity contribution in [3.63, 3.8) is 0 Å². The number of likely N-dealkylation sites (tertiary alicyclic amines) is 1. The van der Waals surface area contributed by atoms with Crippen LogP contribution in [-0.4, -0.2) is 42.9 Å². The summed E-state index contributed by atoms with van der Waals surface area (Å²) >= 11 is 5.98. The first kappa shape index (κ1) is 20.0. The number of benzene rings is 1. The van der Waals surface area contributed by atoms with E-state index < -0.39 is 0 Å². The molecule has 128 valence electrons. The lowest BCUT2D eigenvalue weighted by atomic mass is 10.2. The zero-order chi connectivity index (χ0) is 15.9. The van der Waals surface area contributed by atoms with Gasteiger partial charge < -0.3 is 15.5 Å². The van der Waals surface area contributed by atoms with Gasteiger partial charge in [0.1, 0.15) is 0 Å². The number of rotatable bonds is 4. The Balaban J connectivity index is 0.00000264. The average Bonchev–Trinajstić information content (AvgIpc) is 2.99. The van der Waals surface area contributed by atoms with Crippen molar-refractivity contribution in [1.82, 2.24) is 15.5 Å². The zero-order valence-corrected chi connectivity index (χ0v) is 16.6. The first-order valence-electron chi connectivity index (χ1n) is 7.61. The molecule has 7 heteroatoms. The third kappa shape index (κ3) is 6.18. The van der Waals surface area contributed by atoms with Crippen molar-refractivity contribution in [3.8, 4) is 0 Å². The number of carbonyl (C=O) groups is 1. The number of aliphatic imine (C=N–C) groups is 1. The van der Waals surface area contributed by atoms with Crippen LogP contribution in [0.5, 0.6) is 0 Å². The molecule has 0 bridgehead atoms. The molecular formula is C16H24ClIN4O. The van der Waals surface area contributed by atoms with Crippen molar-refractivity contribution in [3.05, 3.63) is 34.9 Å². The van der Waals surface area contributed by atoms with Crippen LogP contribution in [-0.2, 0) is 11.3 Å². The van der Waals surface area contributed by atoms with Crippen molar-refractivity contribution in [1.29, 1.82) is 0 Å². The topological polar surface area (TPSA) is 56.7 Å². The smallest absolute Gasteiger partial charge is 0.222 e. The Morgan fingerprint density at radius 1 is 1.48 bits per heavy atom. The van der Waals surface area contributed by atoms with Gasteiger partial charge >= 0.3 is 0 Å². The Hall–Kier alpha value is -1.02. The summed E-state index contributed by atoms with van der Waals surface area (Å²) < 4.78 is 0. The summed E-state index contributed by atoms with van der Waals surface area (Å²) in [5.74, 6) is 0.960. The van der Waals surface area contributed by atoms with Crippen LogP contribution in [0.25, 0.3) is 0 Å². The van der Waals surface area contributed by atoms with Crippen molar-refractivity contribution in [2.75, 3.05) is 20.1 Å². The summed E-state index contributed by atoms with van der Waals surface area (Å²) in [5.41, 5.74) is 1.10. The fourth-order valence-electron chi connectivity index (χ4n) is 2.55. The lowest BCUT2D eigenvalue weighted by molar-refractivity contribution is -0.129. The highest BCUT2D eigenvalue weighted by Gasteiger charge is 2.25. The normalized spacial score (nSPS) is 17.6. The maximum atomic E-state index is 11.7. The summed E-state index contributed by atoms with van der Waals surface area (Å²) in [5, 5.41) is 7.37. The van der Waals surface area contributed by atoms with Crippen LogP contribution < -0.4 is 10.6 Å². The predicted molar refractivity (Wildman–Crippen MR) is 105 cm³/mol. The molecule has 1 heterocycles. The first-order valence-corrected chi connectivity index (χ1v) is 7.99. The molecular weight excluding hydrogens is 427 g/mol. The van der Waals surface area contributed by atoms with Gasteiger partial charge in [-0.25, -0.2) is 0 Å². The Morgan fingerprint density at radius 3 is 2.91 bits per heavy atom. The van der Waals surface area contributed by atoms with Gasteiger partial charge in [-0.05, 0) is 24.1 Å². The molecule has 1 aliphatic heterocycles. The van der Waals surface area contributed by atoms with Gasteiger partial charge in [0.2, 0.25) is 5.91 Å². The van der Waals surface area contributed by atoms with Crippen LogP contribution >= 0.6 is 35.6 Å². The van der Waals surface area contributed by atoms with E-state index in [1.165, 1.54) is 0 Å². The van der Waals surface area contributed by atoms with Gasteiger partial charge in [0.05, 0.1) is 0 Å². The van der Waals surface area contributed by atoms with Crippen molar-refractivity contribution < 1.29 is 4.79 Å². The molecule has 2 N–H and O–H groups in total. The van der Waals surface area contributed by atoms with Gasteiger partial charge in [0, 0.05) is 44.2 Å². The zero-order valence-electron chi connectivity index (χ0n) is 13.5. The van der Waals surface area contributed by atoms with Crippen LogP contribution in [0.15, 0.2) is 29.3 Å². The van der Waals surface area contributed by atoms with Gasteiger partial charge in [-0.2, -0.15) is 0 Å². The fraction of sp³-hybridized carbons (Fsp3) is 0.500. The molecule has 1 aliphatic rings. The SMILES string of the molecule is CCC(=O)N1CCC(NC(=NC)NCc2cccc(Cl)c2)C1.I. The second kappa shape index (κ2) is 9.97. The minimum atomic E-state index is 0. The summed E-state index contributed by atoms with van der Waals surface area (Å²) in [6.07, 6.45) is 1.51. The molecule has 5 nitrogen and oxygen atoms in total. The number of hydrogen-bond acceptors (Lipinski definition) is 2. The van der Waals surface area contributed by atoms with E-state index >= 15 is 0 Å². The second-order valence-electron chi connectivity index (χ2n) is 5.38. The quantitative estimate of drug-likeness (QED) is 0.421. The summed E-state index contributed by atoms with van der Waals surface area (Å²) in [7, 11) is 1.75. The van der Waals surface area contributed by atoms with E-state index in [1.54, 1.807) is 7.05 Å². The van der Waals surface area contributed by atoms with E-state index in [9.17, 15) is 4.79 Å². The third-order valence-corrected chi connectivity index (χ3v) is 3.99. The molecule has 1 aromatic rings. The van der Waals surface area contributed by atoms with Crippen molar-refractivity contribution in [2.24, 2.45) is 4.99 Å². The Kier molecular flexibility index (Phi) is 8.68. The Morgan fingerprint density at radius 2 is 2.26 bits per heavy atom. The summed E-state index contributed by atoms with van der Waals surface area (Å²) in [6, 6.07) is 7.99. The Bertz CT molecular complexity index is 553. The van der Waals surface area contributed by atoms with Crippen LogP contribution in [0, 0.1) is 0 Å². The van der Waals surface area contributed by atoms with E-state index in [2.05, 4.69) is 15.6 Å². The molecule has 0 saturated carbocycles. The summed E-state index contributed by atoms with van der Waals surface area (Å²) in [4.78, 5) is 17.8. The molecule has 23 heavy (non-hydrogen) atoms. The number of nitrogens with zero attached hydrogens (tertiary/aromatic N) is 2. The predicted octanol–water partition coefficient (Wildman–Crippen LogP) is 2.63. The molecule has 1 amide bonds. The van der Waals surface area contributed by atoms with Gasteiger partial charge in [-0.15, -0.1) is 24.0 Å². The largest absolute Gasteiger partial charge is 0.352 e. The van der Waals surface area contributed by atoms with Crippen molar-refractivity contribution >= 4 is 47.4 Å². The molecule has 1 atom stereocenters. The lowest BCUT2D eigenvalue weighted by Gasteiger charge is -2.18. The number of halogens is 2. The molecule has 0 spiro atoms. The molecule has 1 fully saturated rings. The number of nitrogens with one attached hydrogen (secondary N) is 2. The summed E-state index contributed by atoms with van der Waals surface area (Å²) in [6.45, 7) is 4.11. The van der Waals surface area contributed by atoms with E-state index in [0.717, 1.165) is 36.1 Å². The van der Waals surface area contributed by atoms with Crippen LogP contribution in [0.4, 0.5) is 0 Å². The van der Waals surface area contributed by atoms with E-state index in [1.807, 2.05) is 36.1 Å². The minimum absolute atomic E-state index is 0. The molecule has 1 saturated heterocycles. The van der Waals surface area contributed by atoms with Crippen LogP contribution in [0.3, 0.4) is 0 Å².